The monoisotopic (exact) mass is 333 g/mol. The normalized spacial score (nSPS) is 10.8. The van der Waals surface area contributed by atoms with Crippen LogP contribution in [0.25, 0.3) is 11.0 Å². The molecule has 118 valence electrons. The maximum atomic E-state index is 13.8. The fourth-order valence-electron chi connectivity index (χ4n) is 2.31. The van der Waals surface area contributed by atoms with Gasteiger partial charge in [0.2, 0.25) is 0 Å². The number of hydrogen-bond donors (Lipinski definition) is 1. The minimum atomic E-state index is -0.610. The first-order chi connectivity index (χ1) is 11.0. The zero-order chi connectivity index (χ0) is 16.6. The van der Waals surface area contributed by atoms with E-state index in [-0.39, 0.29) is 16.5 Å². The highest BCUT2D eigenvalue weighted by atomic mass is 35.5. The minimum absolute atomic E-state index is 0.0387. The van der Waals surface area contributed by atoms with Gasteiger partial charge in [-0.3, -0.25) is 4.79 Å². The standard InChI is InChI=1S/C17H13ClFNO3/c1-9-12-8-11(22-2)4-6-15(12)23-16(9)17(21)20-14-5-3-10(18)7-13(14)19/h3-8H,1-2H3,(H,20,21). The maximum absolute atomic E-state index is 13.8. The van der Waals surface area contributed by atoms with Crippen molar-refractivity contribution >= 4 is 34.2 Å². The van der Waals surface area contributed by atoms with Crippen LogP contribution in [0.5, 0.6) is 5.75 Å². The van der Waals surface area contributed by atoms with Crippen LogP contribution in [0.1, 0.15) is 16.1 Å². The predicted molar refractivity (Wildman–Crippen MR) is 86.9 cm³/mol. The van der Waals surface area contributed by atoms with E-state index in [1.807, 2.05) is 0 Å². The number of nitrogens with one attached hydrogen (secondary N) is 1. The molecule has 1 heterocycles. The molecule has 0 aliphatic rings. The Morgan fingerprint density at radius 2 is 2.04 bits per heavy atom. The van der Waals surface area contributed by atoms with Gasteiger partial charge in [0, 0.05) is 16.0 Å². The van der Waals surface area contributed by atoms with Gasteiger partial charge < -0.3 is 14.5 Å². The second-order valence-corrected chi connectivity index (χ2v) is 5.43. The van der Waals surface area contributed by atoms with Crippen LogP contribution in [0.2, 0.25) is 5.02 Å². The number of benzene rings is 2. The first-order valence-corrected chi connectivity index (χ1v) is 7.21. The van der Waals surface area contributed by atoms with Crippen LogP contribution in [-0.4, -0.2) is 13.0 Å². The number of fused-ring (bicyclic) bond motifs is 1. The van der Waals surface area contributed by atoms with Crippen molar-refractivity contribution in [3.63, 3.8) is 0 Å². The summed E-state index contributed by atoms with van der Waals surface area (Å²) in [6.07, 6.45) is 0. The number of hydrogen-bond acceptors (Lipinski definition) is 3. The molecular weight excluding hydrogens is 321 g/mol. The Balaban J connectivity index is 1.96. The average Bonchev–Trinajstić information content (AvgIpc) is 2.86. The maximum Gasteiger partial charge on any atom is 0.291 e. The molecule has 0 fully saturated rings. The zero-order valence-corrected chi connectivity index (χ0v) is 13.2. The third-order valence-electron chi connectivity index (χ3n) is 3.53. The molecule has 0 aliphatic heterocycles. The van der Waals surface area contributed by atoms with E-state index in [2.05, 4.69) is 5.32 Å². The Morgan fingerprint density at radius 1 is 1.26 bits per heavy atom. The first-order valence-electron chi connectivity index (χ1n) is 6.83. The molecule has 0 atom stereocenters. The Morgan fingerprint density at radius 3 is 2.74 bits per heavy atom. The van der Waals surface area contributed by atoms with Crippen molar-refractivity contribution in [2.45, 2.75) is 6.92 Å². The third-order valence-corrected chi connectivity index (χ3v) is 3.76. The molecule has 0 radical (unpaired) electrons. The van der Waals surface area contributed by atoms with Gasteiger partial charge in [0.15, 0.2) is 5.76 Å². The Kier molecular flexibility index (Phi) is 3.96. The highest BCUT2D eigenvalue weighted by Crippen LogP contribution is 2.29. The first kappa shape index (κ1) is 15.4. The molecule has 3 rings (SSSR count). The molecule has 0 aliphatic carbocycles. The molecule has 0 saturated heterocycles. The van der Waals surface area contributed by atoms with Crippen molar-refractivity contribution in [2.75, 3.05) is 12.4 Å². The number of rotatable bonds is 3. The van der Waals surface area contributed by atoms with Gasteiger partial charge in [-0.25, -0.2) is 4.39 Å². The van der Waals surface area contributed by atoms with E-state index < -0.39 is 11.7 Å². The number of aryl methyl sites for hydroxylation is 1. The summed E-state index contributed by atoms with van der Waals surface area (Å²) in [5, 5.41) is 3.51. The molecule has 0 bridgehead atoms. The summed E-state index contributed by atoms with van der Waals surface area (Å²) in [6.45, 7) is 1.76. The number of carbonyl (C=O) groups excluding carboxylic acids is 1. The minimum Gasteiger partial charge on any atom is -0.497 e. The van der Waals surface area contributed by atoms with Crippen LogP contribution >= 0.6 is 11.6 Å². The third kappa shape index (κ3) is 2.87. The lowest BCUT2D eigenvalue weighted by molar-refractivity contribution is 0.0997. The van der Waals surface area contributed by atoms with Crippen molar-refractivity contribution in [1.29, 1.82) is 0 Å². The summed E-state index contributed by atoms with van der Waals surface area (Å²) in [7, 11) is 1.56. The van der Waals surface area contributed by atoms with E-state index in [1.165, 1.54) is 12.1 Å². The number of furan rings is 1. The molecular formula is C17H13ClFNO3. The van der Waals surface area contributed by atoms with Crippen molar-refractivity contribution in [3.05, 3.63) is 58.6 Å². The number of ether oxygens (including phenoxy) is 1. The fraction of sp³-hybridized carbons (Fsp3) is 0.118. The lowest BCUT2D eigenvalue weighted by Gasteiger charge is -2.05. The summed E-state index contributed by atoms with van der Waals surface area (Å²) in [6, 6.07) is 9.28. The number of carbonyl (C=O) groups is 1. The Labute approximate surface area is 136 Å². The van der Waals surface area contributed by atoms with E-state index in [0.29, 0.717) is 16.9 Å². The number of halogens is 2. The van der Waals surface area contributed by atoms with Crippen LogP contribution in [0.4, 0.5) is 10.1 Å². The molecule has 3 aromatic rings. The SMILES string of the molecule is COc1ccc2oc(C(=O)Nc3ccc(Cl)cc3F)c(C)c2c1. The largest absolute Gasteiger partial charge is 0.497 e. The number of anilines is 1. The van der Waals surface area contributed by atoms with Crippen molar-refractivity contribution < 1.29 is 18.3 Å². The second kappa shape index (κ2) is 5.93. The van der Waals surface area contributed by atoms with Crippen molar-refractivity contribution in [2.24, 2.45) is 0 Å². The lowest BCUT2D eigenvalue weighted by atomic mass is 10.1. The van der Waals surface area contributed by atoms with Gasteiger partial charge in [-0.2, -0.15) is 0 Å². The smallest absolute Gasteiger partial charge is 0.291 e. The van der Waals surface area contributed by atoms with Crippen molar-refractivity contribution in [1.82, 2.24) is 0 Å². The van der Waals surface area contributed by atoms with Gasteiger partial charge in [-0.15, -0.1) is 0 Å². The van der Waals surface area contributed by atoms with Gasteiger partial charge in [0.05, 0.1) is 12.8 Å². The topological polar surface area (TPSA) is 51.5 Å². The van der Waals surface area contributed by atoms with Gasteiger partial charge in [0.25, 0.3) is 5.91 Å². The molecule has 6 heteroatoms. The van der Waals surface area contributed by atoms with E-state index >= 15 is 0 Å². The Bertz CT molecular complexity index is 904. The summed E-state index contributed by atoms with van der Waals surface area (Å²) in [4.78, 5) is 12.4. The van der Waals surface area contributed by atoms with Crippen LogP contribution in [0.3, 0.4) is 0 Å². The molecule has 1 N–H and O–H groups in total. The summed E-state index contributed by atoms with van der Waals surface area (Å²) < 4.78 is 24.5. The molecule has 0 unspecified atom stereocenters. The molecule has 23 heavy (non-hydrogen) atoms. The number of amides is 1. The lowest BCUT2D eigenvalue weighted by Crippen LogP contribution is -2.13. The second-order valence-electron chi connectivity index (χ2n) is 5.00. The molecule has 1 amide bonds. The van der Waals surface area contributed by atoms with Gasteiger partial charge in [0.1, 0.15) is 17.1 Å². The highest BCUT2D eigenvalue weighted by Gasteiger charge is 2.19. The Hall–Kier alpha value is -2.53. The quantitative estimate of drug-likeness (QED) is 0.749. The van der Waals surface area contributed by atoms with E-state index in [0.717, 1.165) is 11.5 Å². The molecule has 2 aromatic carbocycles. The summed E-state index contributed by atoms with van der Waals surface area (Å²) in [5.74, 6) is -0.347. The predicted octanol–water partition coefficient (Wildman–Crippen LogP) is 4.79. The van der Waals surface area contributed by atoms with Gasteiger partial charge in [-0.05, 0) is 43.3 Å². The van der Waals surface area contributed by atoms with E-state index in [4.69, 9.17) is 20.8 Å². The summed E-state index contributed by atoms with van der Waals surface area (Å²) in [5.41, 5.74) is 1.26. The molecule has 0 spiro atoms. The summed E-state index contributed by atoms with van der Waals surface area (Å²) >= 11 is 5.69. The van der Waals surface area contributed by atoms with Gasteiger partial charge in [-0.1, -0.05) is 11.6 Å². The van der Waals surface area contributed by atoms with E-state index in [9.17, 15) is 9.18 Å². The zero-order valence-electron chi connectivity index (χ0n) is 12.4. The average molecular weight is 334 g/mol. The molecule has 0 saturated carbocycles. The van der Waals surface area contributed by atoms with Crippen LogP contribution in [0.15, 0.2) is 40.8 Å². The van der Waals surface area contributed by atoms with Crippen molar-refractivity contribution in [3.8, 4) is 5.75 Å². The van der Waals surface area contributed by atoms with Crippen LogP contribution in [-0.2, 0) is 0 Å². The molecule has 4 nitrogen and oxygen atoms in total. The van der Waals surface area contributed by atoms with Gasteiger partial charge >= 0.3 is 0 Å². The fourth-order valence-corrected chi connectivity index (χ4v) is 2.47. The molecule has 1 aromatic heterocycles. The van der Waals surface area contributed by atoms with Crippen LogP contribution in [0, 0.1) is 12.7 Å². The van der Waals surface area contributed by atoms with Crippen LogP contribution < -0.4 is 10.1 Å². The highest BCUT2D eigenvalue weighted by molar-refractivity contribution is 6.30. The van der Waals surface area contributed by atoms with E-state index in [1.54, 1.807) is 32.2 Å². The number of methoxy groups -OCH3 is 1.